The molecule has 0 atom stereocenters. The van der Waals surface area contributed by atoms with E-state index in [4.69, 9.17) is 9.29 Å². The number of aromatic nitrogens is 4. The minimum Gasteiger partial charge on any atom is -0.379 e. The van der Waals surface area contributed by atoms with Gasteiger partial charge in [0.2, 0.25) is 0 Å². The van der Waals surface area contributed by atoms with Crippen LogP contribution in [0.1, 0.15) is 72.8 Å². The highest BCUT2D eigenvalue weighted by atomic mass is 32.2. The minimum absolute atomic E-state index is 0.261. The number of carbonyl (C=O) groups excluding carboxylic acids is 1. The fraction of sp³-hybridized carbons (Fsp3) is 0.500. The molecule has 2 aliphatic rings. The number of pyridine rings is 2. The summed E-state index contributed by atoms with van der Waals surface area (Å²) in [7, 11) is -3.67. The summed E-state index contributed by atoms with van der Waals surface area (Å²) < 4.78 is 33.0. The monoisotopic (exact) mass is 609 g/mol. The van der Waals surface area contributed by atoms with Gasteiger partial charge in [-0.05, 0) is 62.3 Å². The fourth-order valence-electron chi connectivity index (χ4n) is 5.51. The molecule has 0 unspecified atom stereocenters. The standard InChI is InChI=1S/C29H35N7O2.CH4O3S/c1-20(2)22-4-7-27(32-16-22)36-21(3)25(18-33-36)28(37)34-23-5-6-26(31-17-23)29(19-30)10-8-24(9-11-29)35-12-14-38-15-13-35;1-5(2,3)4/h4-7,16-18,20,24H,8-15H2,1-3H3,(H,34,37);1H3,(H,2,3,4). The van der Waals surface area contributed by atoms with Crippen LogP contribution in [0.3, 0.4) is 0 Å². The molecule has 12 nitrogen and oxygen atoms in total. The third-order valence-corrected chi connectivity index (χ3v) is 8.01. The molecule has 230 valence electrons. The summed E-state index contributed by atoms with van der Waals surface area (Å²) in [6.45, 7) is 9.61. The third-order valence-electron chi connectivity index (χ3n) is 8.01. The van der Waals surface area contributed by atoms with Crippen LogP contribution in [0.15, 0.2) is 42.9 Å². The molecule has 1 saturated carbocycles. The molecule has 2 N–H and O–H groups in total. The average Bonchev–Trinajstić information content (AvgIpc) is 3.38. The van der Waals surface area contributed by atoms with Gasteiger partial charge >= 0.3 is 0 Å². The number of anilines is 1. The van der Waals surface area contributed by atoms with Gasteiger partial charge in [-0.25, -0.2) is 9.67 Å². The zero-order valence-electron chi connectivity index (χ0n) is 25.0. The van der Waals surface area contributed by atoms with Gasteiger partial charge in [0, 0.05) is 25.3 Å². The lowest BCUT2D eigenvalue weighted by Crippen LogP contribution is -2.47. The van der Waals surface area contributed by atoms with Crippen LogP contribution in [-0.4, -0.2) is 82.1 Å². The van der Waals surface area contributed by atoms with E-state index >= 15 is 0 Å². The SMILES string of the molecule is CS(=O)(=O)O.Cc1c(C(=O)Nc2ccc(C3(C#N)CCC(N4CCOCC4)CC3)nc2)cnn1-c1ccc(C(C)C)cn1. The molecule has 3 aromatic heterocycles. The van der Waals surface area contributed by atoms with Crippen LogP contribution in [0.4, 0.5) is 5.69 Å². The van der Waals surface area contributed by atoms with Crippen molar-refractivity contribution in [2.45, 2.75) is 63.8 Å². The first-order chi connectivity index (χ1) is 20.4. The molecule has 0 radical (unpaired) electrons. The molecule has 4 heterocycles. The first-order valence-corrected chi connectivity index (χ1v) is 16.2. The molecule has 0 bridgehead atoms. The lowest BCUT2D eigenvalue weighted by atomic mass is 9.71. The van der Waals surface area contributed by atoms with E-state index in [1.54, 1.807) is 17.1 Å². The number of carbonyl (C=O) groups is 1. The van der Waals surface area contributed by atoms with Crippen molar-refractivity contribution in [3.63, 3.8) is 0 Å². The van der Waals surface area contributed by atoms with Crippen molar-refractivity contribution in [2.75, 3.05) is 37.9 Å². The van der Waals surface area contributed by atoms with E-state index in [-0.39, 0.29) is 5.91 Å². The molecule has 3 aromatic rings. The van der Waals surface area contributed by atoms with E-state index < -0.39 is 15.5 Å². The molecular weight excluding hydrogens is 570 g/mol. The first-order valence-electron chi connectivity index (χ1n) is 14.3. The molecule has 0 spiro atoms. The molecule has 13 heteroatoms. The maximum absolute atomic E-state index is 13.0. The lowest BCUT2D eigenvalue weighted by Gasteiger charge is -2.41. The Labute approximate surface area is 252 Å². The Hall–Kier alpha value is -3.70. The van der Waals surface area contributed by atoms with Crippen molar-refractivity contribution in [2.24, 2.45) is 0 Å². The number of morpholine rings is 1. The van der Waals surface area contributed by atoms with E-state index in [2.05, 4.69) is 45.2 Å². The quantitative estimate of drug-likeness (QED) is 0.392. The summed E-state index contributed by atoms with van der Waals surface area (Å²) in [6.07, 6.45) is 9.29. The van der Waals surface area contributed by atoms with Crippen molar-refractivity contribution in [1.82, 2.24) is 24.6 Å². The summed E-state index contributed by atoms with van der Waals surface area (Å²) in [4.78, 5) is 24.7. The normalized spacial score (nSPS) is 21.0. The Balaban J connectivity index is 0.000000782. The smallest absolute Gasteiger partial charge is 0.261 e. The Bertz CT molecular complexity index is 1520. The highest BCUT2D eigenvalue weighted by molar-refractivity contribution is 7.85. The van der Waals surface area contributed by atoms with E-state index in [1.807, 2.05) is 37.4 Å². The van der Waals surface area contributed by atoms with Crippen molar-refractivity contribution in [3.8, 4) is 11.9 Å². The summed E-state index contributed by atoms with van der Waals surface area (Å²) in [5, 5.41) is 17.4. The number of nitrogens with zero attached hydrogens (tertiary/aromatic N) is 6. The van der Waals surface area contributed by atoms with Crippen LogP contribution in [0, 0.1) is 18.3 Å². The zero-order valence-corrected chi connectivity index (χ0v) is 25.8. The van der Waals surface area contributed by atoms with Crippen molar-refractivity contribution >= 4 is 21.7 Å². The Kier molecular flexibility index (Phi) is 10.3. The molecule has 43 heavy (non-hydrogen) atoms. The lowest BCUT2D eigenvalue weighted by molar-refractivity contribution is 0.00493. The van der Waals surface area contributed by atoms with E-state index in [9.17, 15) is 18.5 Å². The molecule has 0 aromatic carbocycles. The van der Waals surface area contributed by atoms with Gasteiger partial charge in [-0.15, -0.1) is 0 Å². The van der Waals surface area contributed by atoms with Gasteiger partial charge in [-0.1, -0.05) is 19.9 Å². The van der Waals surface area contributed by atoms with Gasteiger partial charge in [0.05, 0.1) is 66.0 Å². The molecule has 1 aliphatic heterocycles. The topological polar surface area (TPSA) is 163 Å². The second-order valence-electron chi connectivity index (χ2n) is 11.4. The van der Waals surface area contributed by atoms with Crippen LogP contribution >= 0.6 is 0 Å². The van der Waals surface area contributed by atoms with Gasteiger partial charge < -0.3 is 10.1 Å². The molecule has 1 saturated heterocycles. The molecule has 2 fully saturated rings. The van der Waals surface area contributed by atoms with Crippen LogP contribution < -0.4 is 5.32 Å². The van der Waals surface area contributed by atoms with Crippen LogP contribution in [-0.2, 0) is 20.3 Å². The van der Waals surface area contributed by atoms with Gasteiger partial charge in [0.15, 0.2) is 5.82 Å². The number of hydrogen-bond acceptors (Lipinski definition) is 9. The summed E-state index contributed by atoms with van der Waals surface area (Å²) in [6, 6.07) is 10.7. The van der Waals surface area contributed by atoms with Gasteiger partial charge in [-0.3, -0.25) is 19.2 Å². The van der Waals surface area contributed by atoms with Crippen molar-refractivity contribution in [3.05, 3.63) is 65.4 Å². The number of hydrogen-bond donors (Lipinski definition) is 2. The van der Waals surface area contributed by atoms with Gasteiger partial charge in [-0.2, -0.15) is 18.8 Å². The average molecular weight is 610 g/mol. The number of amides is 1. The molecular formula is C30H39N7O5S. The largest absolute Gasteiger partial charge is 0.379 e. The second-order valence-corrected chi connectivity index (χ2v) is 12.8. The Morgan fingerprint density at radius 2 is 1.79 bits per heavy atom. The fourth-order valence-corrected chi connectivity index (χ4v) is 5.51. The Morgan fingerprint density at radius 3 is 2.33 bits per heavy atom. The first kappa shape index (κ1) is 32.2. The highest BCUT2D eigenvalue weighted by Crippen LogP contribution is 2.40. The van der Waals surface area contributed by atoms with E-state index in [0.29, 0.717) is 41.0 Å². The van der Waals surface area contributed by atoms with Crippen LogP contribution in [0.25, 0.3) is 5.82 Å². The predicted octanol–water partition coefficient (Wildman–Crippen LogP) is 3.89. The summed E-state index contributed by atoms with van der Waals surface area (Å²) >= 11 is 0. The van der Waals surface area contributed by atoms with E-state index in [1.165, 1.54) is 0 Å². The summed E-state index contributed by atoms with van der Waals surface area (Å²) in [5.41, 5.74) is 3.10. The minimum atomic E-state index is -3.67. The number of nitriles is 1. The van der Waals surface area contributed by atoms with Crippen LogP contribution in [0.5, 0.6) is 0 Å². The van der Waals surface area contributed by atoms with Crippen LogP contribution in [0.2, 0.25) is 0 Å². The summed E-state index contributed by atoms with van der Waals surface area (Å²) in [5.74, 6) is 0.801. The maximum atomic E-state index is 13.0. The zero-order chi connectivity index (χ0) is 31.2. The predicted molar refractivity (Wildman–Crippen MR) is 162 cm³/mol. The Morgan fingerprint density at radius 1 is 1.12 bits per heavy atom. The van der Waals surface area contributed by atoms with E-state index in [0.717, 1.165) is 63.2 Å². The molecule has 1 amide bonds. The van der Waals surface area contributed by atoms with Crippen molar-refractivity contribution < 1.29 is 22.5 Å². The number of ether oxygens (including phenoxy) is 1. The second kappa shape index (κ2) is 13.7. The molecule has 5 rings (SSSR count). The highest BCUT2D eigenvalue weighted by Gasteiger charge is 2.40. The van der Waals surface area contributed by atoms with Crippen molar-refractivity contribution in [1.29, 1.82) is 5.26 Å². The van der Waals surface area contributed by atoms with Gasteiger partial charge in [0.25, 0.3) is 16.0 Å². The molecule has 1 aliphatic carbocycles. The third kappa shape index (κ3) is 8.23. The van der Waals surface area contributed by atoms with Gasteiger partial charge in [0.1, 0.15) is 0 Å². The number of rotatable bonds is 6. The maximum Gasteiger partial charge on any atom is 0.261 e. The number of nitrogens with one attached hydrogen (secondary N) is 1.